The minimum absolute atomic E-state index is 0.190. The molecule has 0 saturated carbocycles. The maximum atomic E-state index is 14.0. The standard InChI is InChI=1S/C14H21FN2O2S/c1-10-5-6-17(9-11(10)2)20(18,19)14-4-3-12(8-16)7-13(14)15/h3-4,7,10-11H,5-6,8-9,16H2,1-2H3. The molecule has 2 rings (SSSR count). The van der Waals surface area contributed by atoms with Gasteiger partial charge in [0.2, 0.25) is 10.0 Å². The third-order valence-corrected chi connectivity index (χ3v) is 6.05. The zero-order valence-electron chi connectivity index (χ0n) is 11.8. The zero-order valence-corrected chi connectivity index (χ0v) is 12.7. The third kappa shape index (κ3) is 2.87. The van der Waals surface area contributed by atoms with Crippen LogP contribution in [-0.4, -0.2) is 25.8 Å². The lowest BCUT2D eigenvalue weighted by Crippen LogP contribution is -2.42. The number of hydrogen-bond acceptors (Lipinski definition) is 3. The second-order valence-corrected chi connectivity index (χ2v) is 7.48. The van der Waals surface area contributed by atoms with Gasteiger partial charge < -0.3 is 5.73 Å². The van der Waals surface area contributed by atoms with Gasteiger partial charge in [0, 0.05) is 19.6 Å². The maximum Gasteiger partial charge on any atom is 0.245 e. The van der Waals surface area contributed by atoms with Crippen LogP contribution < -0.4 is 5.73 Å². The summed E-state index contributed by atoms with van der Waals surface area (Å²) in [6, 6.07) is 4.07. The Morgan fingerprint density at radius 2 is 2.05 bits per heavy atom. The van der Waals surface area contributed by atoms with E-state index >= 15 is 0 Å². The molecule has 0 radical (unpaired) electrons. The smallest absolute Gasteiger partial charge is 0.245 e. The van der Waals surface area contributed by atoms with Crippen molar-refractivity contribution >= 4 is 10.0 Å². The molecule has 112 valence electrons. The molecule has 2 N–H and O–H groups in total. The van der Waals surface area contributed by atoms with Crippen molar-refractivity contribution in [3.8, 4) is 0 Å². The lowest BCUT2D eigenvalue weighted by molar-refractivity contribution is 0.212. The van der Waals surface area contributed by atoms with E-state index in [2.05, 4.69) is 6.92 Å². The van der Waals surface area contributed by atoms with Gasteiger partial charge in [-0.2, -0.15) is 4.31 Å². The van der Waals surface area contributed by atoms with Crippen LogP contribution in [0.25, 0.3) is 0 Å². The Kier molecular flexibility index (Phi) is 4.46. The quantitative estimate of drug-likeness (QED) is 0.928. The molecule has 0 bridgehead atoms. The van der Waals surface area contributed by atoms with E-state index in [1.807, 2.05) is 6.92 Å². The van der Waals surface area contributed by atoms with E-state index in [4.69, 9.17) is 5.73 Å². The number of nitrogens with zero attached hydrogens (tertiary/aromatic N) is 1. The first-order valence-corrected chi connectivity index (χ1v) is 8.29. The van der Waals surface area contributed by atoms with Gasteiger partial charge in [0.15, 0.2) is 0 Å². The first-order chi connectivity index (χ1) is 9.36. The fraction of sp³-hybridized carbons (Fsp3) is 0.571. The molecule has 0 spiro atoms. The highest BCUT2D eigenvalue weighted by atomic mass is 32.2. The highest BCUT2D eigenvalue weighted by Gasteiger charge is 2.33. The summed E-state index contributed by atoms with van der Waals surface area (Å²) in [5.74, 6) is 0.0510. The topological polar surface area (TPSA) is 63.4 Å². The zero-order chi connectivity index (χ0) is 14.9. The van der Waals surface area contributed by atoms with Gasteiger partial charge in [-0.05, 0) is 36.0 Å². The Morgan fingerprint density at radius 1 is 1.35 bits per heavy atom. The Labute approximate surface area is 119 Å². The molecule has 6 heteroatoms. The second kappa shape index (κ2) is 5.79. The van der Waals surface area contributed by atoms with Gasteiger partial charge in [0.25, 0.3) is 0 Å². The summed E-state index contributed by atoms with van der Waals surface area (Å²) < 4.78 is 40.4. The van der Waals surface area contributed by atoms with Gasteiger partial charge >= 0.3 is 0 Å². The van der Waals surface area contributed by atoms with Crippen molar-refractivity contribution in [1.82, 2.24) is 4.31 Å². The minimum atomic E-state index is -3.76. The highest BCUT2D eigenvalue weighted by Crippen LogP contribution is 2.28. The largest absolute Gasteiger partial charge is 0.326 e. The monoisotopic (exact) mass is 300 g/mol. The van der Waals surface area contributed by atoms with Crippen LogP contribution in [0.1, 0.15) is 25.8 Å². The predicted octanol–water partition coefficient (Wildman–Crippen LogP) is 1.95. The van der Waals surface area contributed by atoms with Crippen LogP contribution in [-0.2, 0) is 16.6 Å². The molecule has 4 nitrogen and oxygen atoms in total. The van der Waals surface area contributed by atoms with Crippen LogP contribution in [0, 0.1) is 17.7 Å². The molecule has 1 aliphatic heterocycles. The lowest BCUT2D eigenvalue weighted by Gasteiger charge is -2.34. The summed E-state index contributed by atoms with van der Waals surface area (Å²) in [7, 11) is -3.76. The number of hydrogen-bond donors (Lipinski definition) is 1. The maximum absolute atomic E-state index is 14.0. The molecule has 1 saturated heterocycles. The van der Waals surface area contributed by atoms with E-state index in [1.54, 1.807) is 6.07 Å². The van der Waals surface area contributed by atoms with Gasteiger partial charge in [-0.25, -0.2) is 12.8 Å². The summed E-state index contributed by atoms with van der Waals surface area (Å²) in [4.78, 5) is -0.253. The van der Waals surface area contributed by atoms with Crippen LogP contribution in [0.2, 0.25) is 0 Å². The molecule has 0 aliphatic carbocycles. The average Bonchev–Trinajstić information content (AvgIpc) is 2.41. The highest BCUT2D eigenvalue weighted by molar-refractivity contribution is 7.89. The number of halogens is 1. The van der Waals surface area contributed by atoms with Crippen molar-refractivity contribution in [1.29, 1.82) is 0 Å². The van der Waals surface area contributed by atoms with E-state index in [0.717, 1.165) is 6.42 Å². The molecule has 1 fully saturated rings. The van der Waals surface area contributed by atoms with Crippen LogP contribution in [0.5, 0.6) is 0 Å². The van der Waals surface area contributed by atoms with Crippen LogP contribution >= 0.6 is 0 Å². The first-order valence-electron chi connectivity index (χ1n) is 6.85. The Balaban J connectivity index is 2.31. The first kappa shape index (κ1) is 15.4. The molecule has 1 aromatic carbocycles. The molecule has 0 aromatic heterocycles. The summed E-state index contributed by atoms with van der Waals surface area (Å²) in [5, 5.41) is 0. The molecule has 2 atom stereocenters. The Bertz CT molecular complexity index is 589. The van der Waals surface area contributed by atoms with Gasteiger partial charge in [0.05, 0.1) is 0 Å². The fourth-order valence-electron chi connectivity index (χ4n) is 2.46. The molecule has 2 unspecified atom stereocenters. The third-order valence-electron chi connectivity index (χ3n) is 4.15. The number of benzene rings is 1. The average molecular weight is 300 g/mol. The van der Waals surface area contributed by atoms with E-state index < -0.39 is 15.8 Å². The van der Waals surface area contributed by atoms with E-state index in [-0.39, 0.29) is 17.4 Å². The van der Waals surface area contributed by atoms with Crippen molar-refractivity contribution in [2.75, 3.05) is 13.1 Å². The number of nitrogens with two attached hydrogens (primary N) is 1. The summed E-state index contributed by atoms with van der Waals surface area (Å²) in [5.41, 5.74) is 6.01. The van der Waals surface area contributed by atoms with Crippen molar-refractivity contribution in [2.45, 2.75) is 31.7 Å². The minimum Gasteiger partial charge on any atom is -0.326 e. The van der Waals surface area contributed by atoms with Gasteiger partial charge in [-0.3, -0.25) is 0 Å². The molecule has 1 aromatic rings. The summed E-state index contributed by atoms with van der Waals surface area (Å²) >= 11 is 0. The van der Waals surface area contributed by atoms with Gasteiger partial charge in [0.1, 0.15) is 10.7 Å². The molecular formula is C14H21FN2O2S. The second-order valence-electron chi connectivity index (χ2n) is 5.58. The molecular weight excluding hydrogens is 279 g/mol. The summed E-state index contributed by atoms with van der Waals surface area (Å²) in [6.45, 7) is 5.23. The lowest BCUT2D eigenvalue weighted by atomic mass is 9.90. The van der Waals surface area contributed by atoms with Gasteiger partial charge in [-0.15, -0.1) is 0 Å². The Morgan fingerprint density at radius 3 is 2.60 bits per heavy atom. The predicted molar refractivity (Wildman–Crippen MR) is 76.0 cm³/mol. The van der Waals surface area contributed by atoms with Gasteiger partial charge in [-0.1, -0.05) is 19.9 Å². The van der Waals surface area contributed by atoms with Crippen molar-refractivity contribution in [3.05, 3.63) is 29.6 Å². The summed E-state index contributed by atoms with van der Waals surface area (Å²) in [6.07, 6.45) is 0.808. The number of rotatable bonds is 3. The van der Waals surface area contributed by atoms with Crippen molar-refractivity contribution in [2.24, 2.45) is 17.6 Å². The SMILES string of the molecule is CC1CCN(S(=O)(=O)c2ccc(CN)cc2F)CC1C. The molecule has 0 amide bonds. The van der Waals surface area contributed by atoms with Crippen molar-refractivity contribution in [3.63, 3.8) is 0 Å². The molecule has 1 aliphatic rings. The van der Waals surface area contributed by atoms with Crippen LogP contribution in [0.3, 0.4) is 0 Å². The van der Waals surface area contributed by atoms with Crippen molar-refractivity contribution < 1.29 is 12.8 Å². The number of piperidine rings is 1. The molecule has 1 heterocycles. The fourth-order valence-corrected chi connectivity index (χ4v) is 4.06. The van der Waals surface area contributed by atoms with Crippen LogP contribution in [0.4, 0.5) is 4.39 Å². The van der Waals surface area contributed by atoms with E-state index in [1.165, 1.54) is 16.4 Å². The molecule has 20 heavy (non-hydrogen) atoms. The Hall–Kier alpha value is -0.980. The van der Waals surface area contributed by atoms with E-state index in [0.29, 0.717) is 24.6 Å². The normalized spacial score (nSPS) is 24.8. The van der Waals surface area contributed by atoms with E-state index in [9.17, 15) is 12.8 Å². The number of sulfonamides is 1. The van der Waals surface area contributed by atoms with Crippen LogP contribution in [0.15, 0.2) is 23.1 Å².